The van der Waals surface area contributed by atoms with Crippen molar-refractivity contribution in [2.45, 2.75) is 17.1 Å². The number of hydrogen-bond acceptors (Lipinski definition) is 4. The highest BCUT2D eigenvalue weighted by atomic mass is 32.2. The molecule has 0 radical (unpaired) electrons. The Morgan fingerprint density at radius 3 is 2.65 bits per heavy atom. The zero-order chi connectivity index (χ0) is 13.0. The van der Waals surface area contributed by atoms with Gasteiger partial charge in [0.15, 0.2) is 0 Å². The average molecular weight is 257 g/mol. The van der Waals surface area contributed by atoms with Gasteiger partial charge in [-0.25, -0.2) is 9.18 Å². The Bertz CT molecular complexity index is 453. The van der Waals surface area contributed by atoms with Crippen LogP contribution in [0.15, 0.2) is 23.1 Å². The van der Waals surface area contributed by atoms with Crippen molar-refractivity contribution in [3.63, 3.8) is 0 Å². The van der Waals surface area contributed by atoms with Crippen LogP contribution in [-0.2, 0) is 4.79 Å². The molecule has 0 aliphatic carbocycles. The van der Waals surface area contributed by atoms with Crippen LogP contribution in [0.25, 0.3) is 0 Å². The smallest absolute Gasteiger partial charge is 0.318 e. The number of nitrogen functional groups attached to an aromatic ring is 1. The van der Waals surface area contributed by atoms with E-state index in [1.54, 1.807) is 13.0 Å². The number of carbonyl (C=O) groups excluding carboxylic acids is 2. The van der Waals surface area contributed by atoms with E-state index in [0.29, 0.717) is 4.90 Å². The number of hydrogen-bond donors (Lipinski definition) is 3. The normalized spacial score (nSPS) is 11.9. The van der Waals surface area contributed by atoms with Gasteiger partial charge in [0, 0.05) is 4.90 Å². The van der Waals surface area contributed by atoms with Crippen LogP contribution in [0.3, 0.4) is 0 Å². The number of anilines is 1. The molecule has 7 heteroatoms. The summed E-state index contributed by atoms with van der Waals surface area (Å²) in [7, 11) is 0. The lowest BCUT2D eigenvalue weighted by molar-refractivity contribution is -0.119. The van der Waals surface area contributed by atoms with E-state index in [-0.39, 0.29) is 5.69 Å². The van der Waals surface area contributed by atoms with Crippen molar-refractivity contribution in [3.05, 3.63) is 24.0 Å². The van der Waals surface area contributed by atoms with E-state index in [1.807, 2.05) is 5.32 Å². The van der Waals surface area contributed by atoms with E-state index in [4.69, 9.17) is 11.5 Å². The molecule has 0 fully saturated rings. The summed E-state index contributed by atoms with van der Waals surface area (Å²) in [5.74, 6) is -1.07. The maximum atomic E-state index is 13.1. The van der Waals surface area contributed by atoms with Gasteiger partial charge in [0.2, 0.25) is 5.91 Å². The molecule has 5 nitrogen and oxygen atoms in total. The predicted octanol–water partition coefficient (Wildman–Crippen LogP) is 1.08. The topological polar surface area (TPSA) is 98.2 Å². The second kappa shape index (κ2) is 5.53. The highest BCUT2D eigenvalue weighted by molar-refractivity contribution is 8.00. The second-order valence-electron chi connectivity index (χ2n) is 3.30. The van der Waals surface area contributed by atoms with E-state index >= 15 is 0 Å². The first-order valence-corrected chi connectivity index (χ1v) is 5.60. The van der Waals surface area contributed by atoms with Crippen LogP contribution in [0.1, 0.15) is 6.92 Å². The lowest BCUT2D eigenvalue weighted by Crippen LogP contribution is -2.39. The Kier molecular flexibility index (Phi) is 4.33. The maximum absolute atomic E-state index is 13.1. The molecule has 17 heavy (non-hydrogen) atoms. The number of halogens is 1. The third-order valence-electron chi connectivity index (χ3n) is 1.90. The largest absolute Gasteiger partial charge is 0.396 e. The monoisotopic (exact) mass is 257 g/mol. The van der Waals surface area contributed by atoms with Gasteiger partial charge < -0.3 is 11.5 Å². The number of amides is 3. The van der Waals surface area contributed by atoms with Gasteiger partial charge in [-0.2, -0.15) is 0 Å². The molecule has 1 atom stereocenters. The highest BCUT2D eigenvalue weighted by Gasteiger charge is 2.16. The molecule has 0 bridgehead atoms. The molecule has 0 spiro atoms. The Morgan fingerprint density at radius 2 is 2.12 bits per heavy atom. The highest BCUT2D eigenvalue weighted by Crippen LogP contribution is 2.25. The fourth-order valence-corrected chi connectivity index (χ4v) is 1.95. The molecular formula is C10H12FN3O2S. The van der Waals surface area contributed by atoms with Crippen LogP contribution in [0.4, 0.5) is 14.9 Å². The number of benzene rings is 1. The molecule has 0 aliphatic rings. The summed E-state index contributed by atoms with van der Waals surface area (Å²) in [5.41, 5.74) is 10.2. The first-order chi connectivity index (χ1) is 7.90. The van der Waals surface area contributed by atoms with Crippen molar-refractivity contribution in [3.8, 4) is 0 Å². The van der Waals surface area contributed by atoms with Gasteiger partial charge >= 0.3 is 6.03 Å². The Balaban J connectivity index is 2.67. The standard InChI is InChI=1S/C10H12FN3O2S/c1-5(9(15)14-10(13)16)17-6-2-3-8(12)7(11)4-6/h2-5H,12H2,1H3,(H3,13,14,15,16). The first-order valence-electron chi connectivity index (χ1n) is 4.72. The summed E-state index contributed by atoms with van der Waals surface area (Å²) in [6.45, 7) is 1.58. The first kappa shape index (κ1) is 13.3. The minimum Gasteiger partial charge on any atom is -0.396 e. The van der Waals surface area contributed by atoms with Crippen molar-refractivity contribution in [2.24, 2.45) is 5.73 Å². The maximum Gasteiger partial charge on any atom is 0.318 e. The number of imide groups is 1. The Labute approximate surface area is 102 Å². The zero-order valence-electron chi connectivity index (χ0n) is 9.07. The Morgan fingerprint density at radius 1 is 1.47 bits per heavy atom. The molecule has 0 saturated carbocycles. The van der Waals surface area contributed by atoms with Gasteiger partial charge in [0.25, 0.3) is 0 Å². The van der Waals surface area contributed by atoms with Gasteiger partial charge in [0.1, 0.15) is 5.82 Å². The van der Waals surface area contributed by atoms with Crippen LogP contribution in [0.2, 0.25) is 0 Å². The number of primary amides is 1. The van der Waals surface area contributed by atoms with Gasteiger partial charge in [-0.05, 0) is 25.1 Å². The zero-order valence-corrected chi connectivity index (χ0v) is 9.88. The third kappa shape index (κ3) is 3.95. The summed E-state index contributed by atoms with van der Waals surface area (Å²) >= 11 is 1.10. The van der Waals surface area contributed by atoms with E-state index in [0.717, 1.165) is 11.8 Å². The van der Waals surface area contributed by atoms with Crippen LogP contribution in [0, 0.1) is 5.82 Å². The van der Waals surface area contributed by atoms with E-state index in [1.165, 1.54) is 12.1 Å². The molecular weight excluding hydrogens is 245 g/mol. The summed E-state index contributed by atoms with van der Waals surface area (Å²) in [4.78, 5) is 22.4. The fraction of sp³-hybridized carbons (Fsp3) is 0.200. The van der Waals surface area contributed by atoms with Crippen LogP contribution in [0.5, 0.6) is 0 Å². The second-order valence-corrected chi connectivity index (χ2v) is 4.71. The third-order valence-corrected chi connectivity index (χ3v) is 2.99. The predicted molar refractivity (Wildman–Crippen MR) is 63.9 cm³/mol. The van der Waals surface area contributed by atoms with E-state index in [2.05, 4.69) is 0 Å². The average Bonchev–Trinajstić information content (AvgIpc) is 2.22. The molecule has 0 aromatic heterocycles. The van der Waals surface area contributed by atoms with E-state index < -0.39 is 23.0 Å². The SMILES string of the molecule is CC(Sc1ccc(N)c(F)c1)C(=O)NC(N)=O. The molecule has 5 N–H and O–H groups in total. The quantitative estimate of drug-likeness (QED) is 0.557. The van der Waals surface area contributed by atoms with Gasteiger partial charge in [-0.3, -0.25) is 10.1 Å². The van der Waals surface area contributed by atoms with Gasteiger partial charge in [-0.1, -0.05) is 0 Å². The van der Waals surface area contributed by atoms with Crippen LogP contribution < -0.4 is 16.8 Å². The van der Waals surface area contributed by atoms with Crippen molar-refractivity contribution >= 4 is 29.4 Å². The Hall–Kier alpha value is -1.76. The van der Waals surface area contributed by atoms with E-state index in [9.17, 15) is 14.0 Å². The van der Waals surface area contributed by atoms with Crippen molar-refractivity contribution in [1.29, 1.82) is 0 Å². The molecule has 0 heterocycles. The molecule has 0 aliphatic heterocycles. The number of thioether (sulfide) groups is 1. The molecule has 1 unspecified atom stereocenters. The van der Waals surface area contributed by atoms with Crippen LogP contribution >= 0.6 is 11.8 Å². The molecule has 1 aromatic rings. The van der Waals surface area contributed by atoms with Gasteiger partial charge in [0.05, 0.1) is 10.9 Å². The summed E-state index contributed by atoms with van der Waals surface area (Å²) in [5, 5.41) is 1.39. The fourth-order valence-electron chi connectivity index (χ4n) is 1.06. The lowest BCUT2D eigenvalue weighted by Gasteiger charge is -2.10. The molecule has 1 aromatic carbocycles. The van der Waals surface area contributed by atoms with Crippen molar-refractivity contribution in [1.82, 2.24) is 5.32 Å². The van der Waals surface area contributed by atoms with Crippen LogP contribution in [-0.4, -0.2) is 17.2 Å². The number of carbonyl (C=O) groups is 2. The van der Waals surface area contributed by atoms with Crippen molar-refractivity contribution in [2.75, 3.05) is 5.73 Å². The lowest BCUT2D eigenvalue weighted by atomic mass is 10.3. The molecule has 0 saturated heterocycles. The minimum atomic E-state index is -0.911. The molecule has 3 amide bonds. The number of rotatable bonds is 3. The minimum absolute atomic E-state index is 0.0450. The molecule has 92 valence electrons. The molecule has 1 rings (SSSR count). The summed E-state index contributed by atoms with van der Waals surface area (Å²) in [6, 6.07) is 3.33. The number of nitrogens with one attached hydrogen (secondary N) is 1. The number of urea groups is 1. The summed E-state index contributed by atoms with van der Waals surface area (Å²) < 4.78 is 13.1. The van der Waals surface area contributed by atoms with Crippen molar-refractivity contribution < 1.29 is 14.0 Å². The summed E-state index contributed by atoms with van der Waals surface area (Å²) in [6.07, 6.45) is 0. The number of nitrogens with two attached hydrogens (primary N) is 2. The van der Waals surface area contributed by atoms with Gasteiger partial charge in [-0.15, -0.1) is 11.8 Å².